The summed E-state index contributed by atoms with van der Waals surface area (Å²) in [7, 11) is 5.91. The van der Waals surface area contributed by atoms with Crippen LogP contribution in [-0.4, -0.2) is 82.3 Å². The molecule has 0 spiro atoms. The van der Waals surface area contributed by atoms with Gasteiger partial charge in [-0.2, -0.15) is 0 Å². The lowest BCUT2D eigenvalue weighted by molar-refractivity contribution is -0.870. The maximum atomic E-state index is 12.9. The molecule has 0 amide bonds. The van der Waals surface area contributed by atoms with Crippen molar-refractivity contribution in [1.29, 1.82) is 0 Å². The SMILES string of the molecule is CC/C=C\C/C=C\C/C=C\C/C=C\C/C=C\C/C=C\C/C=C\C/C=C\C/C=C\C/C=C\C/C=C\CCCCCCCCCC(=O)OC(COC(=O)CCCCCCCCCC/C=C\C/C=C\C/C=C\C/C=C\CC)COC(OCC[N+](C)(C)C)C(=O)[O-]. The molecule has 0 aromatic heterocycles. The Hall–Kier alpha value is -5.61. The number of hydrogen-bond donors (Lipinski definition) is 0. The van der Waals surface area contributed by atoms with Crippen LogP contribution in [0.5, 0.6) is 0 Å². The van der Waals surface area contributed by atoms with E-state index in [1.54, 1.807) is 0 Å². The molecule has 2 atom stereocenters. The van der Waals surface area contributed by atoms with Crippen LogP contribution in [0.15, 0.2) is 182 Å². The lowest BCUT2D eigenvalue weighted by Crippen LogP contribution is -2.44. The highest BCUT2D eigenvalue weighted by Crippen LogP contribution is 2.14. The summed E-state index contributed by atoms with van der Waals surface area (Å²) in [6.07, 6.45) is 98.1. The summed E-state index contributed by atoms with van der Waals surface area (Å²) in [6.45, 7) is 4.47. The molecule has 0 fully saturated rings. The first kappa shape index (κ1) is 81.4. The zero-order chi connectivity index (χ0) is 63.3. The third-order valence-corrected chi connectivity index (χ3v) is 13.6. The first-order valence-corrected chi connectivity index (χ1v) is 33.9. The van der Waals surface area contributed by atoms with Crippen LogP contribution >= 0.6 is 0 Å². The van der Waals surface area contributed by atoms with Gasteiger partial charge in [0.2, 0.25) is 0 Å². The van der Waals surface area contributed by atoms with Crippen LogP contribution in [0.2, 0.25) is 0 Å². The molecule has 0 bridgehead atoms. The average Bonchev–Trinajstić information content (AvgIpc) is 3.59. The number of carboxylic acids is 1. The van der Waals surface area contributed by atoms with Gasteiger partial charge in [0.1, 0.15) is 13.2 Å². The molecule has 0 aromatic rings. The number of rotatable bonds is 60. The van der Waals surface area contributed by atoms with Crippen molar-refractivity contribution >= 4 is 17.9 Å². The van der Waals surface area contributed by atoms with E-state index in [0.717, 1.165) is 161 Å². The highest BCUT2D eigenvalue weighted by atomic mass is 16.7. The minimum Gasteiger partial charge on any atom is -0.545 e. The molecular formula is C78H123NO8. The number of unbranched alkanes of at least 4 members (excludes halogenated alkanes) is 15. The Morgan fingerprint density at radius 1 is 0.345 bits per heavy atom. The highest BCUT2D eigenvalue weighted by Gasteiger charge is 2.22. The van der Waals surface area contributed by atoms with E-state index in [0.29, 0.717) is 17.4 Å². The lowest BCUT2D eigenvalue weighted by atomic mass is 10.1. The average molecular weight is 1200 g/mol. The summed E-state index contributed by atoms with van der Waals surface area (Å²) in [4.78, 5) is 37.4. The van der Waals surface area contributed by atoms with Gasteiger partial charge in [-0.15, -0.1) is 0 Å². The number of hydrogen-bond acceptors (Lipinski definition) is 8. The number of aliphatic carboxylic acids is 1. The number of allylic oxidation sites excluding steroid dienone is 30. The second-order valence-corrected chi connectivity index (χ2v) is 23.0. The number of likely N-dealkylation sites (N-methyl/N-ethyl adjacent to an activating group) is 1. The lowest BCUT2D eigenvalue weighted by Gasteiger charge is -2.26. The molecule has 0 radical (unpaired) electrons. The van der Waals surface area contributed by atoms with Crippen molar-refractivity contribution in [3.05, 3.63) is 182 Å². The topological polar surface area (TPSA) is 111 Å². The standard InChI is InChI=1S/C78H123NO8/c1-6-8-10-12-14-16-18-20-22-24-26-28-29-30-31-32-33-34-35-36-37-38-39-40-41-42-43-44-45-46-47-49-51-53-55-57-59-61-63-65-67-69-76(81)87-74(73-86-78(77(82)83)84-71-70-79(3,4)5)72-85-75(80)68-66-64-62-60-58-56-54-52-50-48-27-25-23-21-19-17-15-13-11-9-7-2/h8-11,14-17,20-23,26-28,30-31,33-34,36-37,39-40,42-43,45-46,48-49,51,74,78H,6-7,12-13,18-19,24-25,29,32,35,38,41,44,47,50,52-73H2,1-5H3/b10-8-,11-9-,16-14-,17-15-,22-20-,23-21-,28-26-,31-30-,34-33-,37-36-,40-39-,43-42-,46-45-,48-27-,51-49-. The maximum absolute atomic E-state index is 12.9. The molecule has 2 unspecified atom stereocenters. The van der Waals surface area contributed by atoms with Crippen molar-refractivity contribution in [2.24, 2.45) is 0 Å². The van der Waals surface area contributed by atoms with Gasteiger partial charge in [0.25, 0.3) is 0 Å². The summed E-state index contributed by atoms with van der Waals surface area (Å²) >= 11 is 0. The van der Waals surface area contributed by atoms with E-state index in [9.17, 15) is 19.5 Å². The molecule has 488 valence electrons. The van der Waals surface area contributed by atoms with Gasteiger partial charge in [0, 0.05) is 12.8 Å². The van der Waals surface area contributed by atoms with Crippen LogP contribution in [0.25, 0.3) is 0 Å². The van der Waals surface area contributed by atoms with Crippen molar-refractivity contribution in [1.82, 2.24) is 0 Å². The van der Waals surface area contributed by atoms with Crippen LogP contribution < -0.4 is 5.11 Å². The Kier molecular flexibility index (Phi) is 62.1. The predicted molar refractivity (Wildman–Crippen MR) is 370 cm³/mol. The van der Waals surface area contributed by atoms with E-state index in [2.05, 4.69) is 196 Å². The fourth-order valence-electron chi connectivity index (χ4n) is 8.53. The molecule has 0 aromatic carbocycles. The molecular weight excluding hydrogens is 1080 g/mol. The zero-order valence-corrected chi connectivity index (χ0v) is 55.6. The third kappa shape index (κ3) is 67.8. The van der Waals surface area contributed by atoms with Crippen molar-refractivity contribution in [2.45, 2.75) is 245 Å². The third-order valence-electron chi connectivity index (χ3n) is 13.6. The van der Waals surface area contributed by atoms with Gasteiger partial charge in [0.05, 0.1) is 40.3 Å². The Balaban J connectivity index is 4.22. The van der Waals surface area contributed by atoms with Gasteiger partial charge in [-0.3, -0.25) is 9.59 Å². The van der Waals surface area contributed by atoms with Crippen LogP contribution in [0.1, 0.15) is 232 Å². The molecule has 0 N–H and O–H groups in total. The second kappa shape index (κ2) is 66.3. The van der Waals surface area contributed by atoms with Gasteiger partial charge >= 0.3 is 11.9 Å². The Morgan fingerprint density at radius 3 is 0.920 bits per heavy atom. The molecule has 0 saturated carbocycles. The van der Waals surface area contributed by atoms with Gasteiger partial charge in [-0.25, -0.2) is 0 Å². The van der Waals surface area contributed by atoms with E-state index >= 15 is 0 Å². The monoisotopic (exact) mass is 1200 g/mol. The van der Waals surface area contributed by atoms with Crippen LogP contribution in [0.4, 0.5) is 0 Å². The number of esters is 2. The molecule has 0 aliphatic heterocycles. The van der Waals surface area contributed by atoms with Crippen molar-refractivity contribution < 1.29 is 42.9 Å². The minimum atomic E-state index is -1.64. The number of carbonyl (C=O) groups excluding carboxylic acids is 3. The second-order valence-electron chi connectivity index (χ2n) is 23.0. The first-order chi connectivity index (χ1) is 42.6. The summed E-state index contributed by atoms with van der Waals surface area (Å²) in [5.41, 5.74) is 0. The van der Waals surface area contributed by atoms with E-state index in [4.69, 9.17) is 18.9 Å². The van der Waals surface area contributed by atoms with Crippen molar-refractivity contribution in [3.8, 4) is 0 Å². The van der Waals surface area contributed by atoms with E-state index in [1.807, 2.05) is 21.1 Å². The van der Waals surface area contributed by atoms with Crippen LogP contribution in [0, 0.1) is 0 Å². The van der Waals surface area contributed by atoms with Gasteiger partial charge in [-0.05, 0) is 135 Å². The van der Waals surface area contributed by atoms with Gasteiger partial charge < -0.3 is 33.3 Å². The maximum Gasteiger partial charge on any atom is 0.306 e. The predicted octanol–water partition coefficient (Wildman–Crippen LogP) is 19.9. The molecule has 0 saturated heterocycles. The molecule has 9 nitrogen and oxygen atoms in total. The van der Waals surface area contributed by atoms with Crippen molar-refractivity contribution in [3.63, 3.8) is 0 Å². The van der Waals surface area contributed by atoms with E-state index in [1.165, 1.54) is 38.5 Å². The van der Waals surface area contributed by atoms with Crippen molar-refractivity contribution in [2.75, 3.05) is 47.5 Å². The largest absolute Gasteiger partial charge is 0.545 e. The number of carboxylic acid groups (broad SMARTS) is 1. The van der Waals surface area contributed by atoms with E-state index in [-0.39, 0.29) is 38.6 Å². The number of ether oxygens (including phenoxy) is 4. The molecule has 9 heteroatoms. The summed E-state index contributed by atoms with van der Waals surface area (Å²) < 4.78 is 22.7. The number of carbonyl (C=O) groups is 3. The quantitative estimate of drug-likeness (QED) is 0.0195. The molecule has 0 rings (SSSR count). The Bertz CT molecular complexity index is 2080. The molecule has 87 heavy (non-hydrogen) atoms. The fraction of sp³-hybridized carbons (Fsp3) is 0.577. The smallest absolute Gasteiger partial charge is 0.306 e. The zero-order valence-electron chi connectivity index (χ0n) is 55.6. The summed E-state index contributed by atoms with van der Waals surface area (Å²) in [6, 6.07) is 0. The molecule has 0 aliphatic rings. The van der Waals surface area contributed by atoms with Gasteiger partial charge in [0.15, 0.2) is 12.4 Å². The normalized spacial score (nSPS) is 13.9. The molecule has 0 heterocycles. The summed E-state index contributed by atoms with van der Waals surface area (Å²) in [5.74, 6) is -2.33. The van der Waals surface area contributed by atoms with Crippen LogP contribution in [-0.2, 0) is 33.3 Å². The van der Waals surface area contributed by atoms with E-state index < -0.39 is 24.3 Å². The highest BCUT2D eigenvalue weighted by molar-refractivity contribution is 5.70. The first-order valence-electron chi connectivity index (χ1n) is 33.9. The Morgan fingerprint density at radius 2 is 0.621 bits per heavy atom. The number of nitrogens with zero attached hydrogens (tertiary/aromatic N) is 1. The van der Waals surface area contributed by atoms with Crippen LogP contribution in [0.3, 0.4) is 0 Å². The minimum absolute atomic E-state index is 0.134. The number of quaternary nitrogens is 1. The van der Waals surface area contributed by atoms with Gasteiger partial charge in [-0.1, -0.05) is 267 Å². The summed E-state index contributed by atoms with van der Waals surface area (Å²) in [5, 5.41) is 11.8. The Labute approximate surface area is 532 Å². The molecule has 0 aliphatic carbocycles. The fourth-order valence-corrected chi connectivity index (χ4v) is 8.53.